The summed E-state index contributed by atoms with van der Waals surface area (Å²) in [5, 5.41) is 45.6. The van der Waals surface area contributed by atoms with E-state index in [2.05, 4.69) is 10.3 Å². The Balaban J connectivity index is -0.000000285. The van der Waals surface area contributed by atoms with Crippen LogP contribution in [0.25, 0.3) is 0 Å². The summed E-state index contributed by atoms with van der Waals surface area (Å²) in [7, 11) is 6.45. The fourth-order valence-electron chi connectivity index (χ4n) is 5.96. The van der Waals surface area contributed by atoms with E-state index in [1.54, 1.807) is 28.1 Å². The number of primary amides is 2. The van der Waals surface area contributed by atoms with Gasteiger partial charge in [-0.3, -0.25) is 24.0 Å². The van der Waals surface area contributed by atoms with Crippen LogP contribution in [-0.4, -0.2) is 119 Å². The first-order valence-corrected chi connectivity index (χ1v) is 18.0. The first kappa shape index (κ1) is 56.5. The summed E-state index contributed by atoms with van der Waals surface area (Å²) >= 11 is 0. The fourth-order valence-corrected chi connectivity index (χ4v) is 5.96. The zero-order valence-corrected chi connectivity index (χ0v) is 33.7. The maximum Gasteiger partial charge on any atom is 1.00 e. The van der Waals surface area contributed by atoms with Gasteiger partial charge >= 0.3 is 24.8 Å². The summed E-state index contributed by atoms with van der Waals surface area (Å²) in [6.07, 6.45) is 11.6. The predicted octanol–water partition coefficient (Wildman–Crippen LogP) is -2.04. The number of nitrogens with zero attached hydrogens (tertiary/aromatic N) is 2. The summed E-state index contributed by atoms with van der Waals surface area (Å²) in [6, 6.07) is 1.86. The Morgan fingerprint density at radius 1 is 0.759 bits per heavy atom. The van der Waals surface area contributed by atoms with Gasteiger partial charge in [0.2, 0.25) is 11.8 Å². The molecule has 0 aromatic rings. The number of nitrogens with two attached hydrogens (primary N) is 3. The number of aliphatic carboxylic acids is 1. The second kappa shape index (κ2) is 25.5. The van der Waals surface area contributed by atoms with Crippen molar-refractivity contribution in [1.29, 1.82) is 5.26 Å². The molecule has 0 heterocycles. The van der Waals surface area contributed by atoms with Crippen LogP contribution in [0.2, 0.25) is 0 Å². The monoisotopic (exact) mass is 783 g/mol. The predicted molar refractivity (Wildman–Crippen MR) is 205 cm³/mol. The van der Waals surface area contributed by atoms with Gasteiger partial charge in [-0.2, -0.15) is 5.26 Å². The number of hydrogen-bond acceptors (Lipinski definition) is 12. The molecule has 5 aliphatic rings. The van der Waals surface area contributed by atoms with Crippen molar-refractivity contribution in [1.82, 2.24) is 10.5 Å². The van der Waals surface area contributed by atoms with Crippen LogP contribution in [0.1, 0.15) is 125 Å². The minimum atomic E-state index is -1.17. The second-order valence-corrected chi connectivity index (χ2v) is 15.8. The number of nitrogens with one attached hydrogen (secondary N) is 1. The van der Waals surface area contributed by atoms with Crippen LogP contribution in [0, 0.1) is 33.0 Å². The molecule has 5 saturated carbocycles. The second-order valence-electron chi connectivity index (χ2n) is 15.8. The molecule has 3 unspecified atom stereocenters. The molecule has 0 spiro atoms. The number of carbonyl (C=O) groups excluding carboxylic acids is 3. The SMILES string of the molecule is CC1(C(=O)O)CCC1.CC1(C(O)C#N)CCC1.CC1(C(O)C(N)=O)CCC1.CNOC.CON(C)C(=O)C1(C)CCC1.NC(=O)C(O)C1(N)CCC1.[AlH3].[H-].[Li+]. The van der Waals surface area contributed by atoms with E-state index < -0.39 is 41.6 Å². The molecule has 0 aromatic carbocycles. The van der Waals surface area contributed by atoms with Crippen molar-refractivity contribution in [2.45, 2.75) is 148 Å². The summed E-state index contributed by atoms with van der Waals surface area (Å²) in [4.78, 5) is 51.8. The summed E-state index contributed by atoms with van der Waals surface area (Å²) < 4.78 is 0. The Bertz CT molecular complexity index is 1160. The maximum atomic E-state index is 11.5. The van der Waals surface area contributed by atoms with E-state index >= 15 is 0 Å². The molecule has 54 heavy (non-hydrogen) atoms. The van der Waals surface area contributed by atoms with E-state index in [0.29, 0.717) is 12.8 Å². The van der Waals surface area contributed by atoms with Crippen molar-refractivity contribution in [3.63, 3.8) is 0 Å². The number of rotatable bonds is 9. The minimum absolute atomic E-state index is 0. The molecule has 3 amide bonds. The van der Waals surface area contributed by atoms with Gasteiger partial charge in [0, 0.05) is 30.3 Å². The summed E-state index contributed by atoms with van der Waals surface area (Å²) in [6.45, 7) is 7.66. The van der Waals surface area contributed by atoms with Gasteiger partial charge in [-0.25, -0.2) is 10.5 Å². The summed E-state index contributed by atoms with van der Waals surface area (Å²) in [5.41, 5.74) is 16.3. The first-order valence-electron chi connectivity index (χ1n) is 18.0. The van der Waals surface area contributed by atoms with Crippen LogP contribution in [-0.2, 0) is 28.9 Å². The normalized spacial score (nSPS) is 21.9. The number of nitriles is 1. The molecule has 0 aromatic heterocycles. The molecular weight excluding hydrogens is 710 g/mol. The van der Waals surface area contributed by atoms with Crippen molar-refractivity contribution < 1.29 is 69.6 Å². The van der Waals surface area contributed by atoms with E-state index in [-0.39, 0.29) is 65.2 Å². The first-order chi connectivity index (χ1) is 24.0. The maximum absolute atomic E-state index is 11.5. The van der Waals surface area contributed by atoms with Crippen LogP contribution in [0.5, 0.6) is 0 Å². The van der Waals surface area contributed by atoms with Crippen LogP contribution in [0.3, 0.4) is 0 Å². The van der Waals surface area contributed by atoms with Crippen molar-refractivity contribution in [3.8, 4) is 6.07 Å². The third-order valence-electron chi connectivity index (χ3n) is 11.5. The molecule has 310 valence electrons. The number of aliphatic hydroxyl groups excluding tert-OH is 3. The third kappa shape index (κ3) is 16.8. The number of hydroxylamine groups is 3. The zero-order valence-electron chi connectivity index (χ0n) is 34.7. The zero-order chi connectivity index (χ0) is 40.6. The van der Waals surface area contributed by atoms with Crippen molar-refractivity contribution in [3.05, 3.63) is 0 Å². The van der Waals surface area contributed by atoms with E-state index in [1.165, 1.54) is 18.6 Å². The summed E-state index contributed by atoms with van der Waals surface area (Å²) in [5.74, 6) is -1.85. The number of aliphatic hydroxyl groups is 3. The van der Waals surface area contributed by atoms with Crippen molar-refractivity contribution in [2.75, 3.05) is 28.3 Å². The van der Waals surface area contributed by atoms with E-state index in [0.717, 1.165) is 77.0 Å². The number of carboxylic acids is 1. The smallest absolute Gasteiger partial charge is 1.00 e. The molecule has 5 fully saturated rings. The molecule has 11 N–H and O–H groups in total. The van der Waals surface area contributed by atoms with Gasteiger partial charge in [-0.1, -0.05) is 46.5 Å². The largest absolute Gasteiger partial charge is 1.00 e. The quantitative estimate of drug-likeness (QED) is 0.0712. The topological polar surface area (TPSA) is 285 Å². The number of carboxylic acid groups (broad SMARTS) is 1. The molecule has 5 aliphatic carbocycles. The van der Waals surface area contributed by atoms with Gasteiger partial charge < -0.3 is 43.9 Å². The van der Waals surface area contributed by atoms with Crippen LogP contribution < -0.4 is 41.5 Å². The molecule has 3 atom stereocenters. The van der Waals surface area contributed by atoms with Crippen molar-refractivity contribution in [2.24, 2.45) is 38.9 Å². The van der Waals surface area contributed by atoms with Gasteiger partial charge in [0.25, 0.3) is 5.91 Å². The molecule has 5 rings (SSSR count). The number of carbonyl (C=O) groups is 4. The van der Waals surface area contributed by atoms with Gasteiger partial charge in [0.1, 0.15) is 18.3 Å². The molecule has 0 aliphatic heterocycles. The van der Waals surface area contributed by atoms with Crippen LogP contribution in [0.4, 0.5) is 0 Å². The van der Waals surface area contributed by atoms with E-state index in [9.17, 15) is 24.3 Å². The molecule has 18 heteroatoms. The third-order valence-corrected chi connectivity index (χ3v) is 11.5. The van der Waals surface area contributed by atoms with Gasteiger partial charge in [-0.15, -0.1) is 0 Å². The van der Waals surface area contributed by atoms with Gasteiger partial charge in [0.15, 0.2) is 17.4 Å². The number of hydrogen-bond donors (Lipinski definition) is 8. The Hall–Kier alpha value is -1.78. The standard InChI is InChI=1S/C8H15NO2.C7H13NO2.C7H11NO.C6H12N2O2.C6H10O2.C2H7NO.Al.Li.4H/c1-8(5-4-6-8)7(10)9(2)11-3;1-7(3-2-4-7)5(9)6(8)10;1-7(3-2-4-7)6(9)5-8;7-5(10)4(9)6(8)2-1-3-6;1-6(5(7)8)3-2-4-6;1-3-4-2;;;;;;/h4-6H2,1-3H3;5,9H,2-4H2,1H3,(H2,8,10);6,9H,2-4H2,1H3;4,9H,1-3,8H2,(H2,7,10);2-4H2,1H3,(H,7,8);3H,1-2H3;;;;;;/q;;;;;;;+1;;;;-1. The molecule has 0 radical (unpaired) electrons. The Labute approximate surface area is 346 Å². The minimum Gasteiger partial charge on any atom is -1.00 e. The number of amides is 3. The average Bonchev–Trinajstić information content (AvgIpc) is 3.05. The molecular formula is C36H72AlLiN6O10. The Morgan fingerprint density at radius 2 is 1.11 bits per heavy atom. The fraction of sp³-hybridized carbons (Fsp3) is 0.861. The van der Waals surface area contributed by atoms with Crippen LogP contribution in [0.15, 0.2) is 0 Å². The van der Waals surface area contributed by atoms with Gasteiger partial charge in [-0.05, 0) is 77.6 Å². The van der Waals surface area contributed by atoms with E-state index in [1.807, 2.05) is 26.8 Å². The Morgan fingerprint density at radius 3 is 1.22 bits per heavy atom. The molecule has 0 bridgehead atoms. The average molecular weight is 783 g/mol. The molecule has 16 nitrogen and oxygen atoms in total. The van der Waals surface area contributed by atoms with Gasteiger partial charge in [0.05, 0.1) is 31.2 Å². The Kier molecular flexibility index (Phi) is 26.7. The van der Waals surface area contributed by atoms with E-state index in [4.69, 9.17) is 42.6 Å². The molecule has 0 saturated heterocycles. The van der Waals surface area contributed by atoms with Crippen LogP contribution >= 0.6 is 0 Å². The van der Waals surface area contributed by atoms with Crippen molar-refractivity contribution >= 4 is 41.1 Å².